The van der Waals surface area contributed by atoms with Gasteiger partial charge in [0.15, 0.2) is 5.13 Å². The van der Waals surface area contributed by atoms with Crippen LogP contribution in [-0.4, -0.2) is 20.7 Å². The summed E-state index contributed by atoms with van der Waals surface area (Å²) in [6, 6.07) is 15.4. The molecular weight excluding hydrogens is 380 g/mol. The summed E-state index contributed by atoms with van der Waals surface area (Å²) in [7, 11) is 1.76. The van der Waals surface area contributed by atoms with E-state index in [0.717, 1.165) is 21.3 Å². The molecule has 0 saturated carbocycles. The summed E-state index contributed by atoms with van der Waals surface area (Å²) in [5, 5.41) is 5.44. The first kappa shape index (κ1) is 17.7. The van der Waals surface area contributed by atoms with Crippen LogP contribution in [0, 0.1) is 6.92 Å². The fourth-order valence-corrected chi connectivity index (χ4v) is 4.09. The van der Waals surface area contributed by atoms with Gasteiger partial charge in [-0.25, -0.2) is 4.98 Å². The van der Waals surface area contributed by atoms with E-state index in [4.69, 9.17) is 16.6 Å². The molecule has 0 aliphatic carbocycles. The number of halogens is 1. The number of anilines is 1. The second-order valence-corrected chi connectivity index (χ2v) is 7.65. The van der Waals surface area contributed by atoms with Gasteiger partial charge in [0.1, 0.15) is 5.69 Å². The van der Waals surface area contributed by atoms with E-state index in [-0.39, 0.29) is 5.91 Å². The Kier molecular flexibility index (Phi) is 4.68. The molecule has 2 aromatic heterocycles. The van der Waals surface area contributed by atoms with Gasteiger partial charge in [0.25, 0.3) is 5.91 Å². The SMILES string of the molecule is Cc1c(Cl)ccc2sc(N(Cc3ccccc3)C(=O)c3ccnn3C)nc12. The highest BCUT2D eigenvalue weighted by Crippen LogP contribution is 2.34. The molecule has 0 aliphatic rings. The zero-order valence-corrected chi connectivity index (χ0v) is 16.5. The molecule has 0 atom stereocenters. The quantitative estimate of drug-likeness (QED) is 0.496. The van der Waals surface area contributed by atoms with Gasteiger partial charge in [-0.15, -0.1) is 0 Å². The third-order valence-electron chi connectivity index (χ3n) is 4.44. The number of fused-ring (bicyclic) bond motifs is 1. The Balaban J connectivity index is 1.81. The van der Waals surface area contributed by atoms with Crippen molar-refractivity contribution >= 4 is 44.2 Å². The van der Waals surface area contributed by atoms with Gasteiger partial charge < -0.3 is 0 Å². The lowest BCUT2D eigenvalue weighted by Crippen LogP contribution is -2.31. The van der Waals surface area contributed by atoms with Crippen LogP contribution in [-0.2, 0) is 13.6 Å². The molecule has 2 heterocycles. The van der Waals surface area contributed by atoms with Crippen LogP contribution >= 0.6 is 22.9 Å². The molecule has 0 fully saturated rings. The molecule has 1 amide bonds. The number of thiazole rings is 1. The lowest BCUT2D eigenvalue weighted by atomic mass is 10.2. The number of aryl methyl sites for hydroxylation is 2. The Labute approximate surface area is 165 Å². The van der Waals surface area contributed by atoms with Crippen molar-refractivity contribution in [2.24, 2.45) is 7.05 Å². The Morgan fingerprint density at radius 3 is 2.67 bits per heavy atom. The summed E-state index contributed by atoms with van der Waals surface area (Å²) < 4.78 is 2.58. The molecule has 5 nitrogen and oxygen atoms in total. The maximum Gasteiger partial charge on any atom is 0.278 e. The molecule has 0 aliphatic heterocycles. The van der Waals surface area contributed by atoms with E-state index in [1.54, 1.807) is 28.9 Å². The first-order chi connectivity index (χ1) is 13.0. The van der Waals surface area contributed by atoms with Crippen LogP contribution in [0.2, 0.25) is 5.02 Å². The molecule has 0 radical (unpaired) electrons. The molecule has 0 N–H and O–H groups in total. The third kappa shape index (κ3) is 3.34. The average Bonchev–Trinajstić information content (AvgIpc) is 3.30. The van der Waals surface area contributed by atoms with E-state index in [9.17, 15) is 4.79 Å². The largest absolute Gasteiger partial charge is 0.278 e. The number of benzene rings is 2. The fourth-order valence-electron chi connectivity index (χ4n) is 2.92. The van der Waals surface area contributed by atoms with Crippen LogP contribution in [0.25, 0.3) is 10.2 Å². The van der Waals surface area contributed by atoms with E-state index in [1.807, 2.05) is 49.4 Å². The second-order valence-electron chi connectivity index (χ2n) is 6.23. The fraction of sp³-hybridized carbons (Fsp3) is 0.150. The van der Waals surface area contributed by atoms with E-state index < -0.39 is 0 Å². The summed E-state index contributed by atoms with van der Waals surface area (Å²) in [5.41, 5.74) is 3.30. The van der Waals surface area contributed by atoms with E-state index in [1.165, 1.54) is 11.3 Å². The molecule has 0 spiro atoms. The van der Waals surface area contributed by atoms with Crippen molar-refractivity contribution in [1.29, 1.82) is 0 Å². The maximum absolute atomic E-state index is 13.3. The lowest BCUT2D eigenvalue weighted by Gasteiger charge is -2.20. The minimum Gasteiger partial charge on any atom is -0.278 e. The van der Waals surface area contributed by atoms with Gasteiger partial charge in [-0.1, -0.05) is 53.3 Å². The van der Waals surface area contributed by atoms with Crippen LogP contribution in [0.1, 0.15) is 21.6 Å². The Hall–Kier alpha value is -2.70. The maximum atomic E-state index is 13.3. The molecule has 2 aromatic carbocycles. The molecule has 0 bridgehead atoms. The lowest BCUT2D eigenvalue weighted by molar-refractivity contribution is 0.0976. The zero-order valence-electron chi connectivity index (χ0n) is 14.9. The van der Waals surface area contributed by atoms with Crippen molar-refractivity contribution in [2.75, 3.05) is 4.90 Å². The highest BCUT2D eigenvalue weighted by molar-refractivity contribution is 7.22. The average molecular weight is 397 g/mol. The first-order valence-electron chi connectivity index (χ1n) is 8.44. The first-order valence-corrected chi connectivity index (χ1v) is 9.63. The number of rotatable bonds is 4. The third-order valence-corrected chi connectivity index (χ3v) is 5.89. The van der Waals surface area contributed by atoms with Crippen LogP contribution in [0.3, 0.4) is 0 Å². The Morgan fingerprint density at radius 1 is 1.19 bits per heavy atom. The zero-order chi connectivity index (χ0) is 19.0. The van der Waals surface area contributed by atoms with Crippen LogP contribution in [0.5, 0.6) is 0 Å². The summed E-state index contributed by atoms with van der Waals surface area (Å²) >= 11 is 7.73. The Morgan fingerprint density at radius 2 is 1.96 bits per heavy atom. The van der Waals surface area contributed by atoms with Gasteiger partial charge in [0.2, 0.25) is 0 Å². The molecule has 7 heteroatoms. The summed E-state index contributed by atoms with van der Waals surface area (Å²) in [6.07, 6.45) is 1.62. The predicted octanol–water partition coefficient (Wildman–Crippen LogP) is 4.84. The van der Waals surface area contributed by atoms with Gasteiger partial charge in [0.05, 0.1) is 16.8 Å². The highest BCUT2D eigenvalue weighted by atomic mass is 35.5. The van der Waals surface area contributed by atoms with Gasteiger partial charge in [-0.3, -0.25) is 14.4 Å². The van der Waals surface area contributed by atoms with Crippen molar-refractivity contribution in [3.05, 3.63) is 76.6 Å². The molecular formula is C20H17ClN4OS. The number of nitrogens with zero attached hydrogens (tertiary/aromatic N) is 4. The number of hydrogen-bond donors (Lipinski definition) is 0. The van der Waals surface area contributed by atoms with Crippen molar-refractivity contribution in [2.45, 2.75) is 13.5 Å². The monoisotopic (exact) mass is 396 g/mol. The van der Waals surface area contributed by atoms with Gasteiger partial charge >= 0.3 is 0 Å². The van der Waals surface area contributed by atoms with Gasteiger partial charge in [-0.05, 0) is 36.2 Å². The number of hydrogen-bond acceptors (Lipinski definition) is 4. The van der Waals surface area contributed by atoms with Crippen molar-refractivity contribution in [3.8, 4) is 0 Å². The molecule has 27 heavy (non-hydrogen) atoms. The summed E-state index contributed by atoms with van der Waals surface area (Å²) in [4.78, 5) is 19.7. The number of aromatic nitrogens is 3. The topological polar surface area (TPSA) is 51.0 Å². The predicted molar refractivity (Wildman–Crippen MR) is 110 cm³/mol. The molecule has 0 unspecified atom stereocenters. The molecule has 0 saturated heterocycles. The molecule has 4 aromatic rings. The van der Waals surface area contributed by atoms with Crippen LogP contribution in [0.15, 0.2) is 54.7 Å². The smallest absolute Gasteiger partial charge is 0.278 e. The minimum absolute atomic E-state index is 0.137. The van der Waals surface area contributed by atoms with E-state index in [0.29, 0.717) is 22.4 Å². The number of carbonyl (C=O) groups is 1. The van der Waals surface area contributed by atoms with E-state index in [2.05, 4.69) is 5.10 Å². The number of amides is 1. The van der Waals surface area contributed by atoms with Crippen LogP contribution in [0.4, 0.5) is 5.13 Å². The van der Waals surface area contributed by atoms with Crippen molar-refractivity contribution < 1.29 is 4.79 Å². The van der Waals surface area contributed by atoms with Crippen molar-refractivity contribution in [3.63, 3.8) is 0 Å². The second kappa shape index (κ2) is 7.13. The van der Waals surface area contributed by atoms with E-state index >= 15 is 0 Å². The number of carbonyl (C=O) groups excluding carboxylic acids is 1. The molecule has 136 valence electrons. The van der Waals surface area contributed by atoms with Crippen molar-refractivity contribution in [1.82, 2.24) is 14.8 Å². The normalized spacial score (nSPS) is 11.1. The molecule has 4 rings (SSSR count). The van der Waals surface area contributed by atoms with Gasteiger partial charge in [-0.2, -0.15) is 5.10 Å². The Bertz CT molecular complexity index is 1120. The summed E-state index contributed by atoms with van der Waals surface area (Å²) in [5.74, 6) is -0.137. The minimum atomic E-state index is -0.137. The highest BCUT2D eigenvalue weighted by Gasteiger charge is 2.24. The van der Waals surface area contributed by atoms with Gasteiger partial charge in [0, 0.05) is 18.3 Å². The summed E-state index contributed by atoms with van der Waals surface area (Å²) in [6.45, 7) is 2.37. The standard InChI is InChI=1S/C20H17ClN4OS/c1-13-15(21)8-9-17-18(13)23-20(27-17)25(12-14-6-4-3-5-7-14)19(26)16-10-11-22-24(16)2/h3-11H,12H2,1-2H3. The van der Waals surface area contributed by atoms with Crippen LogP contribution < -0.4 is 4.90 Å².